The molecule has 12 heavy (non-hydrogen) atoms. The van der Waals surface area contributed by atoms with Crippen molar-refractivity contribution in [3.63, 3.8) is 0 Å². The molecule has 0 saturated carbocycles. The van der Waals surface area contributed by atoms with Gasteiger partial charge in [0.2, 0.25) is 0 Å². The Morgan fingerprint density at radius 1 is 1.00 bits per heavy atom. The molecule has 0 atom stereocenters. The Hall–Kier alpha value is 1.67. The molecular formula is C4H18KNO5P+. The molecule has 8 heteroatoms. The zero-order valence-electron chi connectivity index (χ0n) is 7.14. The summed E-state index contributed by atoms with van der Waals surface area (Å²) in [6.45, 7) is 0. The number of quaternary nitrogens is 1. The summed E-state index contributed by atoms with van der Waals surface area (Å²) in [7, 11) is 3.86. The van der Waals surface area contributed by atoms with Crippen molar-refractivity contribution in [2.75, 3.05) is 28.2 Å². The molecule has 0 saturated heterocycles. The normalized spacial score (nSPS) is 9.92. The first-order valence-electron chi connectivity index (χ1n) is 2.57. The molecular weight excluding hydrogens is 212 g/mol. The minimum absolute atomic E-state index is 0. The van der Waals surface area contributed by atoms with Gasteiger partial charge >= 0.3 is 59.2 Å². The number of hydrogen-bond donors (Lipinski definition) is 3. The van der Waals surface area contributed by atoms with Crippen LogP contribution in [0.15, 0.2) is 0 Å². The molecule has 0 aromatic rings. The summed E-state index contributed by atoms with van der Waals surface area (Å²) >= 11 is 0. The summed E-state index contributed by atoms with van der Waals surface area (Å²) in [4.78, 5) is 21.6. The minimum atomic E-state index is -4.64. The molecule has 0 spiro atoms. The molecule has 0 radical (unpaired) electrons. The number of rotatable bonds is 0. The zero-order valence-corrected chi connectivity index (χ0v) is 8.04. The van der Waals surface area contributed by atoms with Crippen LogP contribution in [0.1, 0.15) is 0 Å². The average Bonchev–Trinajstić information content (AvgIpc) is 1.12. The second kappa shape index (κ2) is 9.23. The zero-order chi connectivity index (χ0) is 9.00. The van der Waals surface area contributed by atoms with Crippen LogP contribution in [0.4, 0.5) is 0 Å². The van der Waals surface area contributed by atoms with Crippen LogP contribution in [0.2, 0.25) is 0 Å². The van der Waals surface area contributed by atoms with Crippen LogP contribution in [-0.2, 0) is 4.57 Å². The predicted octanol–water partition coefficient (Wildman–Crippen LogP) is -2.08. The van der Waals surface area contributed by atoms with Gasteiger partial charge in [0.05, 0.1) is 28.2 Å². The van der Waals surface area contributed by atoms with Crippen molar-refractivity contribution in [1.82, 2.24) is 0 Å². The second-order valence-corrected chi connectivity index (χ2v) is 4.22. The fourth-order valence-electron chi connectivity index (χ4n) is 0. The van der Waals surface area contributed by atoms with Gasteiger partial charge in [-0.25, -0.2) is 4.57 Å². The Labute approximate surface area is 115 Å². The molecule has 0 unspecified atom stereocenters. The van der Waals surface area contributed by atoms with Gasteiger partial charge in [0, 0.05) is 0 Å². The van der Waals surface area contributed by atoms with Gasteiger partial charge in [-0.3, -0.25) is 0 Å². The van der Waals surface area contributed by atoms with E-state index in [0.717, 1.165) is 4.48 Å². The molecule has 0 aromatic carbocycles. The topological polar surface area (TPSA) is 109 Å². The molecule has 0 rings (SSSR count). The van der Waals surface area contributed by atoms with Crippen LogP contribution in [-0.4, -0.2) is 104 Å². The van der Waals surface area contributed by atoms with Gasteiger partial charge < -0.3 is 24.6 Å². The molecule has 0 heterocycles. The van der Waals surface area contributed by atoms with Gasteiger partial charge in [-0.05, 0) is 0 Å². The van der Waals surface area contributed by atoms with Crippen LogP contribution >= 0.6 is 7.82 Å². The van der Waals surface area contributed by atoms with E-state index in [1.54, 1.807) is 0 Å². The molecule has 74 valence electrons. The summed E-state index contributed by atoms with van der Waals surface area (Å²) in [6.07, 6.45) is 0. The van der Waals surface area contributed by atoms with E-state index < -0.39 is 7.82 Å². The Balaban J connectivity index is -0.0000000457. The maximum atomic E-state index is 8.88. The van der Waals surface area contributed by atoms with Crippen molar-refractivity contribution in [2.45, 2.75) is 0 Å². The van der Waals surface area contributed by atoms with Crippen LogP contribution in [0, 0.1) is 0 Å². The Morgan fingerprint density at radius 3 is 1.00 bits per heavy atom. The maximum absolute atomic E-state index is 8.88. The van der Waals surface area contributed by atoms with Gasteiger partial charge in [0.1, 0.15) is 0 Å². The first-order chi connectivity index (χ1) is 4.00. The van der Waals surface area contributed by atoms with E-state index in [0.29, 0.717) is 0 Å². The van der Waals surface area contributed by atoms with E-state index in [4.69, 9.17) is 19.2 Å². The molecule has 0 amide bonds. The summed E-state index contributed by atoms with van der Waals surface area (Å²) in [5, 5.41) is 0. The Bertz CT molecular complexity index is 116. The summed E-state index contributed by atoms with van der Waals surface area (Å²) < 4.78 is 9.88. The van der Waals surface area contributed by atoms with Crippen molar-refractivity contribution in [3.05, 3.63) is 0 Å². The average molecular weight is 230 g/mol. The third-order valence-corrected chi connectivity index (χ3v) is 0. The van der Waals surface area contributed by atoms with E-state index in [2.05, 4.69) is 28.2 Å². The van der Waals surface area contributed by atoms with Crippen molar-refractivity contribution in [1.29, 1.82) is 0 Å². The van der Waals surface area contributed by atoms with Gasteiger partial charge in [0.15, 0.2) is 0 Å². The first-order valence-corrected chi connectivity index (χ1v) is 4.14. The fraction of sp³-hybridized carbons (Fsp3) is 1.00. The van der Waals surface area contributed by atoms with Gasteiger partial charge in [-0.15, -0.1) is 0 Å². The second-order valence-electron chi connectivity index (χ2n) is 3.20. The van der Waals surface area contributed by atoms with Gasteiger partial charge in [-0.2, -0.15) is 0 Å². The van der Waals surface area contributed by atoms with Crippen LogP contribution in [0.25, 0.3) is 0 Å². The number of nitrogens with zero attached hydrogens (tertiary/aromatic N) is 1. The van der Waals surface area contributed by atoms with Crippen molar-refractivity contribution in [2.24, 2.45) is 0 Å². The SMILES string of the molecule is C[N+](C)(C)C.O.O=P(O)(O)O.[KH]. The van der Waals surface area contributed by atoms with E-state index in [-0.39, 0.29) is 56.9 Å². The Kier molecular flexibility index (Phi) is 18.0. The van der Waals surface area contributed by atoms with Crippen molar-refractivity contribution < 1.29 is 29.2 Å². The first kappa shape index (κ1) is 23.5. The molecule has 5 N–H and O–H groups in total. The molecule has 6 nitrogen and oxygen atoms in total. The third kappa shape index (κ3) is 478. The number of phosphoric acid groups is 1. The summed E-state index contributed by atoms with van der Waals surface area (Å²) in [5.74, 6) is 0. The standard InChI is InChI=1S/C4H12N.K.H3O4P.H2O.H/c1-5(2,3)4;;1-5(2,3)4;;/h1-4H3;;(H3,1,2,3,4);1H2;/q+1;;;;. The fourth-order valence-corrected chi connectivity index (χ4v) is 0. The molecule has 0 aliphatic carbocycles. The van der Waals surface area contributed by atoms with E-state index >= 15 is 0 Å². The molecule has 0 aromatic heterocycles. The predicted molar refractivity (Wildman–Crippen MR) is 49.0 cm³/mol. The molecule has 0 aliphatic heterocycles. The van der Waals surface area contributed by atoms with E-state index in [1.807, 2.05) is 0 Å². The van der Waals surface area contributed by atoms with Crippen LogP contribution in [0.3, 0.4) is 0 Å². The van der Waals surface area contributed by atoms with Crippen LogP contribution in [0.5, 0.6) is 0 Å². The van der Waals surface area contributed by atoms with Gasteiger partial charge in [-0.1, -0.05) is 0 Å². The number of hydrogen-bond acceptors (Lipinski definition) is 1. The van der Waals surface area contributed by atoms with E-state index in [1.165, 1.54) is 0 Å². The van der Waals surface area contributed by atoms with Crippen LogP contribution < -0.4 is 0 Å². The summed E-state index contributed by atoms with van der Waals surface area (Å²) in [6, 6.07) is 0. The molecule has 0 fully saturated rings. The monoisotopic (exact) mass is 230 g/mol. The molecule has 0 bridgehead atoms. The Morgan fingerprint density at radius 2 is 1.00 bits per heavy atom. The van der Waals surface area contributed by atoms with E-state index in [9.17, 15) is 0 Å². The van der Waals surface area contributed by atoms with Gasteiger partial charge in [0.25, 0.3) is 0 Å². The summed E-state index contributed by atoms with van der Waals surface area (Å²) in [5.41, 5.74) is 0. The van der Waals surface area contributed by atoms with Crippen molar-refractivity contribution in [3.8, 4) is 0 Å². The van der Waals surface area contributed by atoms with Crippen molar-refractivity contribution >= 4 is 59.2 Å². The third-order valence-electron chi connectivity index (χ3n) is 0. The quantitative estimate of drug-likeness (QED) is 0.252. The molecule has 0 aliphatic rings.